The second kappa shape index (κ2) is 45.3. The molecular formula is C49H97N27O11. The summed E-state index contributed by atoms with van der Waals surface area (Å²) in [5.41, 5.74) is 77.3. The zero-order chi connectivity index (χ0) is 65.9. The van der Waals surface area contributed by atoms with Crippen LogP contribution in [-0.4, -0.2) is 195 Å². The second-order valence-electron chi connectivity index (χ2n) is 19.9. The van der Waals surface area contributed by atoms with Crippen LogP contribution in [0, 0.1) is 0 Å². The molecule has 38 nitrogen and oxygen atoms in total. The summed E-state index contributed by atoms with van der Waals surface area (Å²) in [7, 11) is 0. The lowest BCUT2D eigenvalue weighted by Crippen LogP contribution is -2.60. The van der Waals surface area contributed by atoms with Crippen LogP contribution in [0.15, 0.2) is 25.0 Å². The van der Waals surface area contributed by atoms with E-state index in [9.17, 15) is 53.1 Å². The number of unbranched alkanes of at least 4 members (excludes halogenated alkanes) is 2. The quantitative estimate of drug-likeness (QED) is 0.0153. The number of primary amides is 1. The average Bonchev–Trinajstić information content (AvgIpc) is 3.44. The molecule has 0 radical (unpaired) electrons. The molecule has 0 saturated carbocycles. The van der Waals surface area contributed by atoms with E-state index in [1.165, 1.54) is 0 Å². The predicted molar refractivity (Wildman–Crippen MR) is 326 cm³/mol. The van der Waals surface area contributed by atoms with Gasteiger partial charge in [-0.25, -0.2) is 4.79 Å². The highest BCUT2D eigenvalue weighted by Gasteiger charge is 2.35. The van der Waals surface area contributed by atoms with Crippen LogP contribution in [0.2, 0.25) is 0 Å². The van der Waals surface area contributed by atoms with Crippen LogP contribution in [0.5, 0.6) is 0 Å². The third-order valence-electron chi connectivity index (χ3n) is 12.5. The number of guanidine groups is 5. The van der Waals surface area contributed by atoms with Crippen molar-refractivity contribution in [3.8, 4) is 0 Å². The van der Waals surface area contributed by atoms with Crippen molar-refractivity contribution in [3.05, 3.63) is 0 Å². The molecule has 0 bridgehead atoms. The molecule has 9 amide bonds. The standard InChI is InChI=1S/C49H97N27O11/c50-19-3-1-10-28(42(84)76-34(44(86)87)11-2-4-20-51)70-38(80)30(14-7-23-66-47(58)59)72-40(82)31(15-8-24-67-48(60)61)74-43(85)33(17-18-35(53)77)75-41(83)32(16-9-25-68-49(62)63)73-39(81)29(13-6-22-65-46(56)57)71-37(79)27(69-36(78)26-52)12-5-21-64-45(54)55/h27-34H,1-26,50-52H2,(H2,53,77)(H,69,78)(H,70,80)(H,71,79)(H,72,82)(H,73,81)(H,74,85)(H,75,83)(H,76,84)(H,86,87)(H4,54,55,64)(H4,56,57,65)(H4,58,59,66)(H4,60,61,67)(H4,62,63,68)/t27-,28-,29-,30-,31-,32-,33-,34-/m0/s1. The Kier molecular flexibility index (Phi) is 40.6. The Morgan fingerprint density at radius 3 is 0.736 bits per heavy atom. The van der Waals surface area contributed by atoms with Crippen LogP contribution in [-0.2, 0) is 47.9 Å². The molecule has 38 heteroatoms. The van der Waals surface area contributed by atoms with E-state index >= 15 is 0 Å². The minimum Gasteiger partial charge on any atom is -0.480 e. The first kappa shape index (κ1) is 77.9. The normalized spacial score (nSPS) is 13.5. The van der Waals surface area contributed by atoms with Gasteiger partial charge < -0.3 is 128 Å². The van der Waals surface area contributed by atoms with Gasteiger partial charge in [-0.05, 0) is 122 Å². The molecule has 0 saturated heterocycles. The Bertz CT molecular complexity index is 2340. The van der Waals surface area contributed by atoms with E-state index in [0.29, 0.717) is 32.2 Å². The van der Waals surface area contributed by atoms with E-state index in [1.807, 2.05) is 0 Å². The lowest BCUT2D eigenvalue weighted by molar-refractivity contribution is -0.142. The minimum atomic E-state index is -1.67. The molecule has 0 rings (SSSR count). The molecule has 0 aliphatic heterocycles. The summed E-state index contributed by atoms with van der Waals surface area (Å²) in [6.45, 7) is -0.0191. The summed E-state index contributed by atoms with van der Waals surface area (Å²) < 4.78 is 0. The highest BCUT2D eigenvalue weighted by atomic mass is 16.4. The summed E-state index contributed by atoms with van der Waals surface area (Å²) in [5, 5.41) is 30.3. The number of hydrogen-bond acceptors (Lipinski definition) is 18. The van der Waals surface area contributed by atoms with Gasteiger partial charge in [-0.15, -0.1) is 0 Å². The first-order valence-electron chi connectivity index (χ1n) is 28.5. The van der Waals surface area contributed by atoms with Crippen LogP contribution in [0.3, 0.4) is 0 Å². The van der Waals surface area contributed by atoms with Gasteiger partial charge in [-0.3, -0.25) is 68.1 Å². The van der Waals surface area contributed by atoms with Crippen molar-refractivity contribution in [3.63, 3.8) is 0 Å². The maximum Gasteiger partial charge on any atom is 0.326 e. The number of amides is 9. The fourth-order valence-electron chi connectivity index (χ4n) is 8.09. The molecule has 8 atom stereocenters. The van der Waals surface area contributed by atoms with E-state index in [0.717, 1.165) is 0 Å². The number of carboxylic acids is 1. The lowest BCUT2D eigenvalue weighted by atomic mass is 10.0. The fraction of sp³-hybridized carbons (Fsp3) is 0.694. The number of rotatable bonds is 48. The number of nitrogens with two attached hydrogens (primary N) is 14. The minimum absolute atomic E-state index is 0.00457. The van der Waals surface area contributed by atoms with Gasteiger partial charge in [0.1, 0.15) is 48.3 Å². The van der Waals surface area contributed by atoms with Gasteiger partial charge in [0.05, 0.1) is 6.54 Å². The number of carboxylic acid groups (broad SMARTS) is 1. The maximum absolute atomic E-state index is 14.5. The molecule has 0 aliphatic rings. The van der Waals surface area contributed by atoms with Gasteiger partial charge >= 0.3 is 5.97 Å². The van der Waals surface area contributed by atoms with E-state index in [2.05, 4.69) is 67.5 Å². The fourth-order valence-corrected chi connectivity index (χ4v) is 8.09. The van der Waals surface area contributed by atoms with Crippen LogP contribution in [0.1, 0.15) is 116 Å². The van der Waals surface area contributed by atoms with Crippen molar-refractivity contribution in [2.75, 3.05) is 52.4 Å². The number of carbonyl (C=O) groups is 10. The molecule has 494 valence electrons. The van der Waals surface area contributed by atoms with Crippen molar-refractivity contribution in [1.82, 2.24) is 42.5 Å². The molecule has 0 unspecified atom stereocenters. The van der Waals surface area contributed by atoms with Crippen molar-refractivity contribution in [1.29, 1.82) is 0 Å². The highest BCUT2D eigenvalue weighted by Crippen LogP contribution is 2.12. The summed E-state index contributed by atoms with van der Waals surface area (Å²) >= 11 is 0. The van der Waals surface area contributed by atoms with Crippen LogP contribution in [0.25, 0.3) is 0 Å². The zero-order valence-corrected chi connectivity index (χ0v) is 49.4. The van der Waals surface area contributed by atoms with Crippen molar-refractivity contribution < 1.29 is 53.1 Å². The van der Waals surface area contributed by atoms with Crippen molar-refractivity contribution >= 4 is 88.9 Å². The number of nitrogens with one attached hydrogen (secondary N) is 8. The molecule has 0 aromatic heterocycles. The van der Waals surface area contributed by atoms with Gasteiger partial charge in [-0.2, -0.15) is 0 Å². The number of hydrogen-bond donors (Lipinski definition) is 23. The van der Waals surface area contributed by atoms with Crippen molar-refractivity contribution in [2.45, 2.75) is 164 Å². The molecule has 0 spiro atoms. The number of aliphatic carboxylic acids is 1. The molecule has 0 fully saturated rings. The molecule has 37 N–H and O–H groups in total. The Morgan fingerprint density at radius 2 is 0.517 bits per heavy atom. The number of aliphatic imine (C=N–C) groups is 5. The number of carbonyl (C=O) groups excluding carboxylic acids is 9. The summed E-state index contributed by atoms with van der Waals surface area (Å²) in [4.78, 5) is 156. The van der Waals surface area contributed by atoms with E-state index in [4.69, 9.17) is 80.3 Å². The van der Waals surface area contributed by atoms with E-state index < -0.39 is 127 Å². The first-order valence-corrected chi connectivity index (χ1v) is 28.5. The second-order valence-corrected chi connectivity index (χ2v) is 19.9. The molecule has 0 aromatic carbocycles. The van der Waals surface area contributed by atoms with Crippen LogP contribution >= 0.6 is 0 Å². The van der Waals surface area contributed by atoms with E-state index in [-0.39, 0.29) is 146 Å². The third-order valence-corrected chi connectivity index (χ3v) is 12.5. The molecule has 87 heavy (non-hydrogen) atoms. The third kappa shape index (κ3) is 37.8. The molecule has 0 aliphatic carbocycles. The molecule has 0 aromatic rings. The topological polar surface area (TPSA) is 713 Å². The Hall–Kier alpha value is -9.07. The van der Waals surface area contributed by atoms with Gasteiger partial charge in [-0.1, -0.05) is 0 Å². The molecular weight excluding hydrogens is 1140 g/mol. The lowest BCUT2D eigenvalue weighted by Gasteiger charge is -2.28. The van der Waals surface area contributed by atoms with Gasteiger partial charge in [0.2, 0.25) is 53.2 Å². The van der Waals surface area contributed by atoms with Crippen LogP contribution in [0.4, 0.5) is 0 Å². The summed E-state index contributed by atoms with van der Waals surface area (Å²) in [5.74, 6) is -10.8. The van der Waals surface area contributed by atoms with Crippen molar-refractivity contribution in [2.24, 2.45) is 105 Å². The zero-order valence-electron chi connectivity index (χ0n) is 49.4. The maximum atomic E-state index is 14.5. The Balaban J connectivity index is 7.42. The SMILES string of the molecule is NCCCC[C@H](NC(=O)[C@H](CCCCN)NC(=O)[C@H](CCCN=C(N)N)NC(=O)[C@H](CCCN=C(N)N)NC(=O)[C@H](CCC(N)=O)NC(=O)[C@H](CCCN=C(N)N)NC(=O)[C@H](CCCN=C(N)N)NC(=O)[C@H](CCCN=C(N)N)NC(=O)CN)C(=O)O. The average molecular weight is 1240 g/mol. The van der Waals surface area contributed by atoms with Gasteiger partial charge in [0, 0.05) is 39.1 Å². The summed E-state index contributed by atoms with van der Waals surface area (Å²) in [6.07, 6.45) is 0.428. The van der Waals surface area contributed by atoms with Crippen LogP contribution < -0.4 is 123 Å². The molecule has 0 heterocycles. The number of nitrogens with zero attached hydrogens (tertiary/aromatic N) is 5. The largest absolute Gasteiger partial charge is 0.480 e. The smallest absolute Gasteiger partial charge is 0.326 e. The van der Waals surface area contributed by atoms with E-state index in [1.54, 1.807) is 0 Å². The Labute approximate surface area is 504 Å². The van der Waals surface area contributed by atoms with Gasteiger partial charge in [0.15, 0.2) is 29.8 Å². The first-order chi connectivity index (χ1) is 41.1. The monoisotopic (exact) mass is 1240 g/mol. The predicted octanol–water partition coefficient (Wildman–Crippen LogP) is -10.3. The van der Waals surface area contributed by atoms with Gasteiger partial charge in [0.25, 0.3) is 0 Å². The summed E-state index contributed by atoms with van der Waals surface area (Å²) in [6, 6.07) is -11.5. The Morgan fingerprint density at radius 1 is 0.299 bits per heavy atom. The highest BCUT2D eigenvalue weighted by molar-refractivity contribution is 5.98.